The van der Waals surface area contributed by atoms with Crippen molar-refractivity contribution in [1.29, 1.82) is 0 Å². The summed E-state index contributed by atoms with van der Waals surface area (Å²) in [5.74, 6) is -1.05. The summed E-state index contributed by atoms with van der Waals surface area (Å²) in [5, 5.41) is 0. The summed E-state index contributed by atoms with van der Waals surface area (Å²) in [4.78, 5) is 1.95. The largest absolute Gasteiger partial charge is 0.330 e. The lowest BCUT2D eigenvalue weighted by Crippen LogP contribution is -2.35. The maximum absolute atomic E-state index is 13.9. The van der Waals surface area contributed by atoms with E-state index >= 15 is 0 Å². The number of benzene rings is 1. The number of hydrogen-bond acceptors (Lipinski definition) is 2. The molecule has 4 heteroatoms. The molecule has 0 aliphatic rings. The monoisotopic (exact) mass is 256 g/mol. The predicted octanol–water partition coefficient (Wildman–Crippen LogP) is 2.94. The molecule has 0 aliphatic carbocycles. The Morgan fingerprint density at radius 2 is 1.89 bits per heavy atom. The molecular weight excluding hydrogens is 234 g/mol. The molecule has 102 valence electrons. The molecule has 0 radical (unpaired) electrons. The van der Waals surface area contributed by atoms with Gasteiger partial charge >= 0.3 is 0 Å². The molecule has 1 atom stereocenters. The van der Waals surface area contributed by atoms with Gasteiger partial charge in [-0.3, -0.25) is 0 Å². The zero-order valence-electron chi connectivity index (χ0n) is 11.5. The van der Waals surface area contributed by atoms with Crippen LogP contribution >= 0.6 is 0 Å². The van der Waals surface area contributed by atoms with E-state index in [1.165, 1.54) is 12.1 Å². The Balaban J connectivity index is 3.20. The summed E-state index contributed by atoms with van der Waals surface area (Å²) >= 11 is 0. The van der Waals surface area contributed by atoms with Crippen molar-refractivity contribution in [3.05, 3.63) is 35.4 Å². The second-order valence-electron chi connectivity index (χ2n) is 5.56. The van der Waals surface area contributed by atoms with E-state index in [2.05, 4.69) is 0 Å². The van der Waals surface area contributed by atoms with Crippen molar-refractivity contribution in [2.24, 2.45) is 11.1 Å². The van der Waals surface area contributed by atoms with Crippen LogP contribution in [0.3, 0.4) is 0 Å². The van der Waals surface area contributed by atoms with Gasteiger partial charge in [-0.1, -0.05) is 19.9 Å². The first-order valence-electron chi connectivity index (χ1n) is 6.11. The third-order valence-electron chi connectivity index (χ3n) is 3.30. The highest BCUT2D eigenvalue weighted by atomic mass is 19.1. The second kappa shape index (κ2) is 5.76. The van der Waals surface area contributed by atoms with Gasteiger partial charge in [-0.15, -0.1) is 0 Å². The van der Waals surface area contributed by atoms with Gasteiger partial charge in [0.1, 0.15) is 11.6 Å². The van der Waals surface area contributed by atoms with Crippen LogP contribution in [0.1, 0.15) is 31.9 Å². The summed E-state index contributed by atoms with van der Waals surface area (Å²) < 4.78 is 26.9. The van der Waals surface area contributed by atoms with E-state index < -0.39 is 11.6 Å². The fraction of sp³-hybridized carbons (Fsp3) is 0.571. The third-order valence-corrected chi connectivity index (χ3v) is 3.30. The van der Waals surface area contributed by atoms with Gasteiger partial charge in [-0.05, 0) is 38.5 Å². The third kappa shape index (κ3) is 3.27. The Morgan fingerprint density at radius 1 is 1.28 bits per heavy atom. The van der Waals surface area contributed by atoms with Gasteiger partial charge in [0.05, 0.1) is 0 Å². The second-order valence-corrected chi connectivity index (χ2v) is 5.56. The average Bonchev–Trinajstić information content (AvgIpc) is 2.20. The van der Waals surface area contributed by atoms with Crippen LogP contribution in [0.5, 0.6) is 0 Å². The van der Waals surface area contributed by atoms with Gasteiger partial charge in [0.25, 0.3) is 0 Å². The fourth-order valence-electron chi connectivity index (χ4n) is 2.63. The van der Waals surface area contributed by atoms with Crippen LogP contribution in [0, 0.1) is 17.0 Å². The number of hydrogen-bond donors (Lipinski definition) is 1. The molecular formula is C14H22F2N2. The van der Waals surface area contributed by atoms with Gasteiger partial charge in [-0.25, -0.2) is 8.78 Å². The van der Waals surface area contributed by atoms with Crippen molar-refractivity contribution in [3.63, 3.8) is 0 Å². The van der Waals surface area contributed by atoms with Crippen LogP contribution in [-0.4, -0.2) is 25.5 Å². The SMILES string of the molecule is CN(C)C(c1ccc(F)cc1F)C(C)(C)CCN. The molecule has 0 aromatic heterocycles. The summed E-state index contributed by atoms with van der Waals surface area (Å²) in [6.45, 7) is 4.64. The Kier molecular flexibility index (Phi) is 4.82. The summed E-state index contributed by atoms with van der Waals surface area (Å²) in [6.07, 6.45) is 0.770. The van der Waals surface area contributed by atoms with E-state index in [9.17, 15) is 8.78 Å². The van der Waals surface area contributed by atoms with Gasteiger partial charge < -0.3 is 10.6 Å². The van der Waals surface area contributed by atoms with Crippen molar-refractivity contribution in [1.82, 2.24) is 4.90 Å². The first-order chi connectivity index (χ1) is 8.29. The molecule has 1 unspecified atom stereocenters. The smallest absolute Gasteiger partial charge is 0.130 e. The van der Waals surface area contributed by atoms with E-state index in [0.717, 1.165) is 12.5 Å². The molecule has 2 nitrogen and oxygen atoms in total. The van der Waals surface area contributed by atoms with Crippen molar-refractivity contribution >= 4 is 0 Å². The fourth-order valence-corrected chi connectivity index (χ4v) is 2.63. The first-order valence-corrected chi connectivity index (χ1v) is 6.11. The van der Waals surface area contributed by atoms with Gasteiger partial charge in [0.15, 0.2) is 0 Å². The van der Waals surface area contributed by atoms with Crippen LogP contribution < -0.4 is 5.73 Å². The quantitative estimate of drug-likeness (QED) is 0.877. The highest BCUT2D eigenvalue weighted by molar-refractivity contribution is 5.24. The molecule has 0 saturated carbocycles. The van der Waals surface area contributed by atoms with E-state index in [1.807, 2.05) is 32.8 Å². The Hall–Kier alpha value is -1.00. The molecule has 0 saturated heterocycles. The average molecular weight is 256 g/mol. The number of nitrogens with zero attached hydrogens (tertiary/aromatic N) is 1. The van der Waals surface area contributed by atoms with Crippen molar-refractivity contribution in [3.8, 4) is 0 Å². The van der Waals surface area contributed by atoms with Crippen molar-refractivity contribution < 1.29 is 8.78 Å². The number of halogens is 2. The molecule has 0 spiro atoms. The maximum atomic E-state index is 13.9. The molecule has 1 aromatic carbocycles. The molecule has 0 amide bonds. The minimum Gasteiger partial charge on any atom is -0.330 e. The number of nitrogens with two attached hydrogens (primary N) is 1. The zero-order chi connectivity index (χ0) is 13.9. The Labute approximate surface area is 108 Å². The van der Waals surface area contributed by atoms with Gasteiger partial charge in [0.2, 0.25) is 0 Å². The Morgan fingerprint density at radius 3 is 2.33 bits per heavy atom. The molecule has 18 heavy (non-hydrogen) atoms. The van der Waals surface area contributed by atoms with E-state index in [4.69, 9.17) is 5.73 Å². The van der Waals surface area contributed by atoms with Crippen LogP contribution in [0.2, 0.25) is 0 Å². The van der Waals surface area contributed by atoms with Crippen molar-refractivity contribution in [2.75, 3.05) is 20.6 Å². The normalized spacial score (nSPS) is 14.0. The molecule has 1 aromatic rings. The minimum atomic E-state index is -0.551. The van der Waals surface area contributed by atoms with Crippen LogP contribution in [0.4, 0.5) is 8.78 Å². The predicted molar refractivity (Wildman–Crippen MR) is 70.2 cm³/mol. The minimum absolute atomic E-state index is 0.137. The summed E-state index contributed by atoms with van der Waals surface area (Å²) in [6, 6.07) is 3.62. The zero-order valence-corrected chi connectivity index (χ0v) is 11.5. The van der Waals surface area contributed by atoms with Crippen LogP contribution in [0.15, 0.2) is 18.2 Å². The number of rotatable bonds is 5. The molecule has 0 aliphatic heterocycles. The van der Waals surface area contributed by atoms with Crippen LogP contribution in [-0.2, 0) is 0 Å². The lowest BCUT2D eigenvalue weighted by Gasteiger charge is -2.39. The lowest BCUT2D eigenvalue weighted by atomic mass is 9.77. The van der Waals surface area contributed by atoms with E-state index in [0.29, 0.717) is 12.1 Å². The molecule has 2 N–H and O–H groups in total. The summed E-state index contributed by atoms with van der Waals surface area (Å²) in [7, 11) is 3.79. The maximum Gasteiger partial charge on any atom is 0.130 e. The lowest BCUT2D eigenvalue weighted by molar-refractivity contribution is 0.125. The highest BCUT2D eigenvalue weighted by Gasteiger charge is 2.33. The Bertz CT molecular complexity index is 403. The molecule has 0 bridgehead atoms. The van der Waals surface area contributed by atoms with E-state index in [1.54, 1.807) is 0 Å². The van der Waals surface area contributed by atoms with Crippen molar-refractivity contribution in [2.45, 2.75) is 26.3 Å². The van der Waals surface area contributed by atoms with Crippen LogP contribution in [0.25, 0.3) is 0 Å². The molecule has 0 heterocycles. The summed E-state index contributed by atoms with van der Waals surface area (Å²) in [5.41, 5.74) is 5.95. The molecule has 1 rings (SSSR count). The van der Waals surface area contributed by atoms with Gasteiger partial charge in [0, 0.05) is 17.7 Å². The topological polar surface area (TPSA) is 29.3 Å². The standard InChI is InChI=1S/C14H22F2N2/c1-14(2,7-8-17)13(18(3)4)11-6-5-10(15)9-12(11)16/h5-6,9,13H,7-8,17H2,1-4H3. The highest BCUT2D eigenvalue weighted by Crippen LogP contribution is 2.40. The van der Waals surface area contributed by atoms with E-state index in [-0.39, 0.29) is 11.5 Å². The molecule has 0 fully saturated rings. The van der Waals surface area contributed by atoms with Gasteiger partial charge in [-0.2, -0.15) is 0 Å². The first kappa shape index (κ1) is 15.1.